The molecule has 3 aromatic rings. The van der Waals surface area contributed by atoms with Crippen molar-refractivity contribution >= 4 is 24.2 Å². The van der Waals surface area contributed by atoms with Crippen molar-refractivity contribution in [3.63, 3.8) is 0 Å². The summed E-state index contributed by atoms with van der Waals surface area (Å²) in [6.45, 7) is 0. The smallest absolute Gasteiger partial charge is 0.336 e. The van der Waals surface area contributed by atoms with Crippen molar-refractivity contribution in [1.82, 2.24) is 5.43 Å². The number of nitrogens with one attached hydrogen (secondary N) is 1. The van der Waals surface area contributed by atoms with Crippen LogP contribution in [0.15, 0.2) is 84.0 Å². The summed E-state index contributed by atoms with van der Waals surface area (Å²) in [4.78, 5) is 24.1. The maximum atomic E-state index is 12.1. The largest absolute Gasteiger partial charge is 0.508 e. The van der Waals surface area contributed by atoms with E-state index in [1.165, 1.54) is 43.7 Å². The third-order valence-corrected chi connectivity index (χ3v) is 4.12. The predicted octanol–water partition coefficient (Wildman–Crippen LogP) is 3.78. The standard InChI is InChI=1S/C24H20N2O5/c1-30-22-15-18(16-25-26-24(29)19-9-11-20(27)12-10-19)7-13-21(22)31-23(28)14-8-17-5-3-2-4-6-17/h2-16,27H,1H3,(H,26,29)/b14-8+,25-16-. The number of aromatic hydroxyl groups is 1. The molecular formula is C24H20N2O5. The number of methoxy groups -OCH3 is 1. The molecule has 3 rings (SSSR count). The first-order valence-corrected chi connectivity index (χ1v) is 9.30. The minimum Gasteiger partial charge on any atom is -0.508 e. The van der Waals surface area contributed by atoms with Crippen LogP contribution in [-0.4, -0.2) is 30.3 Å². The molecule has 0 bridgehead atoms. The highest BCUT2D eigenvalue weighted by Gasteiger charge is 2.09. The SMILES string of the molecule is COc1cc(/C=N\NC(=O)c2ccc(O)cc2)ccc1OC(=O)/C=C/c1ccccc1. The molecule has 31 heavy (non-hydrogen) atoms. The second-order valence-corrected chi connectivity index (χ2v) is 6.32. The average Bonchev–Trinajstić information content (AvgIpc) is 2.79. The van der Waals surface area contributed by atoms with E-state index in [0.717, 1.165) is 5.56 Å². The molecule has 7 heteroatoms. The van der Waals surface area contributed by atoms with Gasteiger partial charge in [-0.15, -0.1) is 0 Å². The van der Waals surface area contributed by atoms with Gasteiger partial charge in [0, 0.05) is 11.6 Å². The summed E-state index contributed by atoms with van der Waals surface area (Å²) in [6.07, 6.45) is 4.43. The van der Waals surface area contributed by atoms with Crippen LogP contribution in [0.3, 0.4) is 0 Å². The zero-order chi connectivity index (χ0) is 22.1. The van der Waals surface area contributed by atoms with Crippen molar-refractivity contribution in [3.05, 3.63) is 95.6 Å². The molecule has 0 atom stereocenters. The summed E-state index contributed by atoms with van der Waals surface area (Å²) >= 11 is 0. The van der Waals surface area contributed by atoms with Gasteiger partial charge in [-0.2, -0.15) is 5.10 Å². The van der Waals surface area contributed by atoms with E-state index in [2.05, 4.69) is 10.5 Å². The summed E-state index contributed by atoms with van der Waals surface area (Å²) in [7, 11) is 1.46. The van der Waals surface area contributed by atoms with Crippen LogP contribution >= 0.6 is 0 Å². The minimum atomic E-state index is -0.537. The van der Waals surface area contributed by atoms with Crippen LogP contribution in [0, 0.1) is 0 Å². The van der Waals surface area contributed by atoms with Gasteiger partial charge in [0.05, 0.1) is 13.3 Å². The van der Waals surface area contributed by atoms with Gasteiger partial charge in [-0.3, -0.25) is 4.79 Å². The van der Waals surface area contributed by atoms with Gasteiger partial charge in [0.2, 0.25) is 0 Å². The number of hydrazone groups is 1. The molecule has 0 aliphatic rings. The van der Waals surface area contributed by atoms with Crippen LogP contribution in [0.1, 0.15) is 21.5 Å². The van der Waals surface area contributed by atoms with E-state index >= 15 is 0 Å². The van der Waals surface area contributed by atoms with Crippen LogP contribution in [0.2, 0.25) is 0 Å². The van der Waals surface area contributed by atoms with E-state index in [0.29, 0.717) is 16.9 Å². The lowest BCUT2D eigenvalue weighted by Crippen LogP contribution is -2.17. The lowest BCUT2D eigenvalue weighted by Gasteiger charge is -2.08. The Hall–Kier alpha value is -4.39. The number of phenols is 1. The second-order valence-electron chi connectivity index (χ2n) is 6.32. The first-order chi connectivity index (χ1) is 15.0. The fourth-order valence-corrected chi connectivity index (χ4v) is 2.56. The second kappa shape index (κ2) is 10.4. The number of benzene rings is 3. The Labute approximate surface area is 179 Å². The Bertz CT molecular complexity index is 1110. The molecule has 0 spiro atoms. The van der Waals surface area contributed by atoms with Crippen molar-refractivity contribution in [1.29, 1.82) is 0 Å². The Morgan fingerprint density at radius 3 is 2.39 bits per heavy atom. The Balaban J connectivity index is 1.61. The lowest BCUT2D eigenvalue weighted by atomic mass is 10.2. The molecule has 0 heterocycles. The molecule has 3 aromatic carbocycles. The highest BCUT2D eigenvalue weighted by molar-refractivity contribution is 5.95. The number of phenolic OH excluding ortho intramolecular Hbond substituents is 1. The van der Waals surface area contributed by atoms with Crippen LogP contribution in [0.5, 0.6) is 17.2 Å². The highest BCUT2D eigenvalue weighted by atomic mass is 16.6. The number of carbonyl (C=O) groups excluding carboxylic acids is 2. The van der Waals surface area contributed by atoms with E-state index in [4.69, 9.17) is 9.47 Å². The number of esters is 1. The fourth-order valence-electron chi connectivity index (χ4n) is 2.56. The summed E-state index contributed by atoms with van der Waals surface area (Å²) in [5.41, 5.74) is 4.27. The molecule has 0 aromatic heterocycles. The number of ether oxygens (including phenoxy) is 2. The van der Waals surface area contributed by atoms with Crippen molar-refractivity contribution < 1.29 is 24.2 Å². The van der Waals surface area contributed by atoms with E-state index in [9.17, 15) is 14.7 Å². The topological polar surface area (TPSA) is 97.2 Å². The van der Waals surface area contributed by atoms with Gasteiger partial charge in [-0.1, -0.05) is 30.3 Å². The Kier molecular flexibility index (Phi) is 7.16. The number of rotatable bonds is 7. The third kappa shape index (κ3) is 6.30. The molecule has 1 amide bonds. The molecule has 0 saturated heterocycles. The molecule has 0 unspecified atom stereocenters. The molecule has 2 N–H and O–H groups in total. The van der Waals surface area contributed by atoms with Crippen molar-refractivity contribution in [2.75, 3.05) is 7.11 Å². The first kappa shape index (κ1) is 21.3. The molecule has 0 fully saturated rings. The number of nitrogens with zero attached hydrogens (tertiary/aromatic N) is 1. The van der Waals surface area contributed by atoms with E-state index in [1.54, 1.807) is 24.3 Å². The summed E-state index contributed by atoms with van der Waals surface area (Å²) in [6, 6.07) is 20.1. The van der Waals surface area contributed by atoms with Gasteiger partial charge in [-0.25, -0.2) is 10.2 Å². The van der Waals surface area contributed by atoms with Crippen LogP contribution in [-0.2, 0) is 4.79 Å². The van der Waals surface area contributed by atoms with Gasteiger partial charge < -0.3 is 14.6 Å². The molecular weight excluding hydrogens is 396 g/mol. The summed E-state index contributed by atoms with van der Waals surface area (Å²) < 4.78 is 10.6. The fraction of sp³-hybridized carbons (Fsp3) is 0.0417. The first-order valence-electron chi connectivity index (χ1n) is 9.30. The lowest BCUT2D eigenvalue weighted by molar-refractivity contribution is -0.129. The third-order valence-electron chi connectivity index (χ3n) is 4.12. The molecule has 0 aliphatic heterocycles. The van der Waals surface area contributed by atoms with E-state index < -0.39 is 11.9 Å². The zero-order valence-electron chi connectivity index (χ0n) is 16.7. The van der Waals surface area contributed by atoms with Gasteiger partial charge in [0.25, 0.3) is 5.91 Å². The highest BCUT2D eigenvalue weighted by Crippen LogP contribution is 2.27. The molecule has 156 valence electrons. The summed E-state index contributed by atoms with van der Waals surface area (Å²) in [5.74, 6) is -0.280. The maximum Gasteiger partial charge on any atom is 0.336 e. The van der Waals surface area contributed by atoms with Crippen LogP contribution in [0.25, 0.3) is 6.08 Å². The Morgan fingerprint density at radius 2 is 1.68 bits per heavy atom. The zero-order valence-corrected chi connectivity index (χ0v) is 16.7. The van der Waals surface area contributed by atoms with Crippen molar-refractivity contribution in [2.45, 2.75) is 0 Å². The molecule has 0 radical (unpaired) electrons. The molecule has 7 nitrogen and oxygen atoms in total. The van der Waals surface area contributed by atoms with Crippen molar-refractivity contribution in [3.8, 4) is 17.2 Å². The number of amides is 1. The van der Waals surface area contributed by atoms with Gasteiger partial charge >= 0.3 is 5.97 Å². The molecule has 0 saturated carbocycles. The quantitative estimate of drug-likeness (QED) is 0.201. The predicted molar refractivity (Wildman–Crippen MR) is 117 cm³/mol. The van der Waals surface area contributed by atoms with E-state index in [1.807, 2.05) is 30.3 Å². The monoisotopic (exact) mass is 416 g/mol. The van der Waals surface area contributed by atoms with Crippen LogP contribution in [0.4, 0.5) is 0 Å². The number of carbonyl (C=O) groups is 2. The normalized spacial score (nSPS) is 10.9. The van der Waals surface area contributed by atoms with Gasteiger partial charge in [0.1, 0.15) is 5.75 Å². The number of hydrogen-bond donors (Lipinski definition) is 2. The van der Waals surface area contributed by atoms with Gasteiger partial charge in [0.15, 0.2) is 11.5 Å². The Morgan fingerprint density at radius 1 is 0.935 bits per heavy atom. The minimum absolute atomic E-state index is 0.0727. The van der Waals surface area contributed by atoms with Gasteiger partial charge in [-0.05, 0) is 59.7 Å². The van der Waals surface area contributed by atoms with Crippen LogP contribution < -0.4 is 14.9 Å². The van der Waals surface area contributed by atoms with E-state index in [-0.39, 0.29) is 11.5 Å². The maximum absolute atomic E-state index is 12.1. The molecule has 0 aliphatic carbocycles. The van der Waals surface area contributed by atoms with Crippen molar-refractivity contribution in [2.24, 2.45) is 5.10 Å². The summed E-state index contributed by atoms with van der Waals surface area (Å²) in [5, 5.41) is 13.2. The number of hydrogen-bond acceptors (Lipinski definition) is 6. The average molecular weight is 416 g/mol.